The Morgan fingerprint density at radius 3 is 2.82 bits per heavy atom. The van der Waals surface area contributed by atoms with Crippen LogP contribution in [0.5, 0.6) is 0 Å². The van der Waals surface area contributed by atoms with E-state index >= 15 is 0 Å². The van der Waals surface area contributed by atoms with Crippen molar-refractivity contribution in [2.45, 2.75) is 18.1 Å². The van der Waals surface area contributed by atoms with E-state index in [1.807, 2.05) is 56.0 Å². The van der Waals surface area contributed by atoms with Crippen molar-refractivity contribution in [3.05, 3.63) is 90.0 Å². The third-order valence-electron chi connectivity index (χ3n) is 5.47. The first-order valence-electron chi connectivity index (χ1n) is 10.7. The van der Waals surface area contributed by atoms with Crippen LogP contribution in [0.4, 0.5) is 10.1 Å². The minimum atomic E-state index is -0.515. The number of anilines is 1. The number of benzene rings is 1. The van der Waals surface area contributed by atoms with E-state index in [-0.39, 0.29) is 0 Å². The molecule has 1 aliphatic heterocycles. The van der Waals surface area contributed by atoms with E-state index in [2.05, 4.69) is 20.1 Å². The maximum atomic E-state index is 14.5. The average molecular weight is 459 g/mol. The predicted octanol–water partition coefficient (Wildman–Crippen LogP) is 5.40. The number of halogens is 1. The maximum Gasteiger partial charge on any atom is 0.220 e. The minimum absolute atomic E-state index is 0.430. The molecule has 0 spiro atoms. The third-order valence-corrected chi connectivity index (χ3v) is 6.63. The monoisotopic (exact) mass is 458 g/mol. The summed E-state index contributed by atoms with van der Waals surface area (Å²) in [6.07, 6.45) is 14.8. The van der Waals surface area contributed by atoms with Crippen LogP contribution in [0.25, 0.3) is 22.3 Å². The lowest BCUT2D eigenvalue weighted by Gasteiger charge is -2.16. The van der Waals surface area contributed by atoms with E-state index < -0.39 is 5.95 Å². The van der Waals surface area contributed by atoms with Gasteiger partial charge in [-0.2, -0.15) is 9.49 Å². The van der Waals surface area contributed by atoms with Gasteiger partial charge in [0.05, 0.1) is 6.20 Å². The molecule has 1 fully saturated rings. The molecule has 2 aromatic heterocycles. The summed E-state index contributed by atoms with van der Waals surface area (Å²) in [4.78, 5) is 3.81. The Labute approximate surface area is 196 Å². The summed E-state index contributed by atoms with van der Waals surface area (Å²) >= 11 is 1.69. The number of hydrogen-bond acceptors (Lipinski definition) is 6. The number of aromatic nitrogens is 3. The number of pyridine rings is 1. The van der Waals surface area contributed by atoms with Crippen LogP contribution in [0.1, 0.15) is 24.0 Å². The molecule has 33 heavy (non-hydrogen) atoms. The zero-order chi connectivity index (χ0) is 22.8. The summed E-state index contributed by atoms with van der Waals surface area (Å²) in [5.74, 6) is -0.515. The van der Waals surface area contributed by atoms with E-state index in [1.54, 1.807) is 28.8 Å². The van der Waals surface area contributed by atoms with Gasteiger partial charge in [-0.15, -0.1) is 0 Å². The quantitative estimate of drug-likeness (QED) is 0.251. The predicted molar refractivity (Wildman–Crippen MR) is 133 cm³/mol. The third kappa shape index (κ3) is 4.75. The first-order valence-corrected chi connectivity index (χ1v) is 11.6. The number of hydrogen-bond donors (Lipinski definition) is 3. The topological polar surface area (TPSA) is 78.6 Å². The van der Waals surface area contributed by atoms with Gasteiger partial charge < -0.3 is 15.4 Å². The van der Waals surface area contributed by atoms with Crippen LogP contribution in [-0.2, 0) is 7.05 Å². The van der Waals surface area contributed by atoms with E-state index in [9.17, 15) is 4.39 Å². The van der Waals surface area contributed by atoms with E-state index in [0.29, 0.717) is 21.9 Å². The number of nitrogens with zero attached hydrogens (tertiary/aromatic N) is 3. The summed E-state index contributed by atoms with van der Waals surface area (Å²) in [5.41, 5.74) is 6.34. The highest BCUT2D eigenvalue weighted by molar-refractivity contribution is 8.01. The van der Waals surface area contributed by atoms with Gasteiger partial charge in [-0.1, -0.05) is 6.08 Å². The molecule has 1 aromatic carbocycles. The average Bonchev–Trinajstić information content (AvgIpc) is 3.57. The van der Waals surface area contributed by atoms with Crippen molar-refractivity contribution >= 4 is 35.0 Å². The van der Waals surface area contributed by atoms with Gasteiger partial charge in [-0.05, 0) is 72.3 Å². The van der Waals surface area contributed by atoms with Crippen LogP contribution in [0, 0.1) is 11.4 Å². The zero-order valence-corrected chi connectivity index (χ0v) is 18.9. The fourth-order valence-electron chi connectivity index (χ4n) is 3.59. The van der Waals surface area contributed by atoms with Crippen LogP contribution in [0.2, 0.25) is 0 Å². The Kier molecular flexibility index (Phi) is 5.83. The van der Waals surface area contributed by atoms with Crippen LogP contribution >= 0.6 is 11.9 Å². The van der Waals surface area contributed by atoms with Gasteiger partial charge in [0.25, 0.3) is 0 Å². The van der Waals surface area contributed by atoms with Crippen molar-refractivity contribution in [3.8, 4) is 11.1 Å². The summed E-state index contributed by atoms with van der Waals surface area (Å²) in [7, 11) is 1.88. The molecule has 0 unspecified atom stereocenters. The molecular formula is C25H23FN6S. The van der Waals surface area contributed by atoms with Gasteiger partial charge in [0, 0.05) is 70.8 Å². The Morgan fingerprint density at radius 2 is 2.15 bits per heavy atom. The zero-order valence-electron chi connectivity index (χ0n) is 18.0. The lowest BCUT2D eigenvalue weighted by molar-refractivity contribution is 0.587. The van der Waals surface area contributed by atoms with Crippen LogP contribution in [0.15, 0.2) is 73.0 Å². The molecular weight excluding hydrogens is 435 g/mol. The highest BCUT2D eigenvalue weighted by Crippen LogP contribution is 2.36. The molecule has 3 N–H and O–H groups in total. The lowest BCUT2D eigenvalue weighted by Crippen LogP contribution is -2.11. The molecule has 8 heteroatoms. The summed E-state index contributed by atoms with van der Waals surface area (Å²) in [6, 6.07) is 9.27. The first-order chi connectivity index (χ1) is 16.1. The molecule has 3 aromatic rings. The fraction of sp³-hybridized carbons (Fsp3) is 0.160. The summed E-state index contributed by atoms with van der Waals surface area (Å²) < 4.78 is 19.6. The van der Waals surface area contributed by atoms with Crippen molar-refractivity contribution in [2.75, 3.05) is 4.72 Å². The molecule has 3 heterocycles. The van der Waals surface area contributed by atoms with Crippen molar-refractivity contribution in [1.29, 1.82) is 5.41 Å². The normalized spacial score (nSPS) is 16.7. The molecule has 0 atom stereocenters. The molecule has 0 bridgehead atoms. The summed E-state index contributed by atoms with van der Waals surface area (Å²) in [6.45, 7) is 0. The molecule has 1 aliphatic carbocycles. The van der Waals surface area contributed by atoms with Gasteiger partial charge >= 0.3 is 0 Å². The molecule has 2 aliphatic rings. The van der Waals surface area contributed by atoms with Crippen molar-refractivity contribution in [3.63, 3.8) is 0 Å². The number of dihydropyridines is 1. The smallest absolute Gasteiger partial charge is 0.220 e. The number of aryl methyl sites for hydroxylation is 1. The van der Waals surface area contributed by atoms with Crippen LogP contribution in [0.3, 0.4) is 0 Å². The molecule has 0 saturated heterocycles. The van der Waals surface area contributed by atoms with Crippen molar-refractivity contribution in [1.82, 2.24) is 20.1 Å². The minimum Gasteiger partial charge on any atom is -0.361 e. The lowest BCUT2D eigenvalue weighted by atomic mass is 9.96. The number of allylic oxidation sites excluding steroid dienone is 4. The molecule has 0 radical (unpaired) electrons. The highest BCUT2D eigenvalue weighted by Gasteiger charge is 2.22. The van der Waals surface area contributed by atoms with Gasteiger partial charge in [0.1, 0.15) is 0 Å². The van der Waals surface area contributed by atoms with Crippen LogP contribution < -0.4 is 10.0 Å². The molecule has 5 rings (SSSR count). The standard InChI is InChI=1S/C25H23FN6S/c1-32-15-19(14-30-32)16-4-7-24(29-13-16)23(12-27)18-9-17(22-3-2-8-28-25(22)26)10-20(11-18)31-33-21-5-6-21/h2-4,7-15,21,27,29,31H,5-6H2,1H3/b24-23+,27-12?. The SMILES string of the molecule is Cn1cc(C2=CN/C(=C(\C=N)c3cc(NSC4CC4)cc(-c4cccnc4F)c3)C=C2)cn1. The van der Waals surface area contributed by atoms with E-state index in [4.69, 9.17) is 5.41 Å². The molecule has 6 nitrogen and oxygen atoms in total. The van der Waals surface area contributed by atoms with E-state index in [1.165, 1.54) is 25.3 Å². The highest BCUT2D eigenvalue weighted by atomic mass is 32.2. The summed E-state index contributed by atoms with van der Waals surface area (Å²) in [5, 5.41) is 16.3. The van der Waals surface area contributed by atoms with E-state index in [0.717, 1.165) is 28.1 Å². The Bertz CT molecular complexity index is 1300. The maximum absolute atomic E-state index is 14.5. The second-order valence-corrected chi connectivity index (χ2v) is 9.12. The Hall–Kier alpha value is -3.65. The first kappa shape index (κ1) is 21.2. The second-order valence-electron chi connectivity index (χ2n) is 8.01. The Morgan fingerprint density at radius 1 is 1.27 bits per heavy atom. The molecule has 1 saturated carbocycles. The molecule has 0 amide bonds. The number of rotatable bonds is 7. The fourth-order valence-corrected chi connectivity index (χ4v) is 4.39. The van der Waals surface area contributed by atoms with Crippen molar-refractivity contribution in [2.24, 2.45) is 7.05 Å². The largest absolute Gasteiger partial charge is 0.361 e. The van der Waals surface area contributed by atoms with Crippen molar-refractivity contribution < 1.29 is 4.39 Å². The van der Waals surface area contributed by atoms with Gasteiger partial charge in [-0.25, -0.2) is 4.98 Å². The molecule has 166 valence electrons. The van der Waals surface area contributed by atoms with Crippen LogP contribution in [-0.4, -0.2) is 26.2 Å². The Balaban J connectivity index is 1.52. The van der Waals surface area contributed by atoms with Gasteiger partial charge in [-0.3, -0.25) is 4.68 Å². The number of nitrogens with one attached hydrogen (secondary N) is 3. The van der Waals surface area contributed by atoms with Gasteiger partial charge in [0.2, 0.25) is 5.95 Å². The second kappa shape index (κ2) is 9.07. The van der Waals surface area contributed by atoms with Gasteiger partial charge in [0.15, 0.2) is 0 Å².